The first kappa shape index (κ1) is 41.3. The van der Waals surface area contributed by atoms with Gasteiger partial charge in [-0.1, -0.05) is 181 Å². The van der Waals surface area contributed by atoms with E-state index < -0.39 is 28.0 Å². The fourth-order valence-electron chi connectivity index (χ4n) is 5.81. The molecular formula is C35H71NO5S. The second-order valence-corrected chi connectivity index (χ2v) is 14.4. The summed E-state index contributed by atoms with van der Waals surface area (Å²) >= 11 is 0. The van der Waals surface area contributed by atoms with Crippen LogP contribution >= 0.6 is 0 Å². The number of rotatable bonds is 33. The van der Waals surface area contributed by atoms with Crippen LogP contribution in [0.25, 0.3) is 0 Å². The third kappa shape index (κ3) is 30.8. The standard InChI is InChI=1S/C35H71NO5S/c1-3-5-7-9-11-13-14-15-16-17-18-19-20-21-22-23-25-27-29-31-35(38)36-33(32-42(39,40)41)34(37)30-28-26-24-12-10-8-6-4-2/h33-34,37H,3-32H2,1-2H3,(H,36,38)(H,39,40,41). The van der Waals surface area contributed by atoms with Gasteiger partial charge in [-0.15, -0.1) is 0 Å². The predicted molar refractivity (Wildman–Crippen MR) is 180 cm³/mol. The van der Waals surface area contributed by atoms with Gasteiger partial charge in [-0.05, 0) is 12.8 Å². The Morgan fingerprint density at radius 1 is 0.548 bits per heavy atom. The molecule has 0 aromatic rings. The summed E-state index contributed by atoms with van der Waals surface area (Å²) in [6.45, 7) is 4.47. The number of aliphatic hydroxyl groups excluding tert-OH is 1. The summed E-state index contributed by atoms with van der Waals surface area (Å²) in [6.07, 6.45) is 33.5. The monoisotopic (exact) mass is 618 g/mol. The first-order valence-corrected chi connectivity index (χ1v) is 19.8. The number of hydrogen-bond donors (Lipinski definition) is 3. The van der Waals surface area contributed by atoms with Crippen LogP contribution < -0.4 is 5.32 Å². The Morgan fingerprint density at radius 2 is 0.857 bits per heavy atom. The zero-order valence-electron chi connectivity index (χ0n) is 27.9. The zero-order chi connectivity index (χ0) is 31.2. The van der Waals surface area contributed by atoms with Crippen LogP contribution in [0.4, 0.5) is 0 Å². The molecule has 0 aromatic carbocycles. The van der Waals surface area contributed by atoms with Crippen molar-refractivity contribution in [1.82, 2.24) is 5.32 Å². The molecule has 1 amide bonds. The third-order valence-electron chi connectivity index (χ3n) is 8.56. The molecule has 0 bridgehead atoms. The second kappa shape index (κ2) is 30.4. The van der Waals surface area contributed by atoms with E-state index in [9.17, 15) is 22.9 Å². The third-order valence-corrected chi connectivity index (χ3v) is 9.34. The number of nitrogens with one attached hydrogen (secondary N) is 1. The van der Waals surface area contributed by atoms with Gasteiger partial charge in [-0.25, -0.2) is 0 Å². The molecule has 2 unspecified atom stereocenters. The molecule has 2 atom stereocenters. The van der Waals surface area contributed by atoms with Crippen molar-refractivity contribution in [2.75, 3.05) is 5.75 Å². The van der Waals surface area contributed by atoms with Gasteiger partial charge in [0.05, 0.1) is 17.9 Å². The smallest absolute Gasteiger partial charge is 0.266 e. The van der Waals surface area contributed by atoms with Crippen molar-refractivity contribution in [1.29, 1.82) is 0 Å². The van der Waals surface area contributed by atoms with E-state index in [1.807, 2.05) is 0 Å². The van der Waals surface area contributed by atoms with E-state index in [-0.39, 0.29) is 5.91 Å². The Hall–Kier alpha value is -0.660. The number of amides is 1. The number of hydrogen-bond acceptors (Lipinski definition) is 4. The van der Waals surface area contributed by atoms with Gasteiger partial charge in [-0.2, -0.15) is 8.42 Å². The highest BCUT2D eigenvalue weighted by Gasteiger charge is 2.26. The van der Waals surface area contributed by atoms with Crippen molar-refractivity contribution < 1.29 is 22.9 Å². The van der Waals surface area contributed by atoms with Crippen molar-refractivity contribution in [3.8, 4) is 0 Å². The summed E-state index contributed by atoms with van der Waals surface area (Å²) in [5, 5.41) is 13.2. The van der Waals surface area contributed by atoms with Crippen LogP contribution in [-0.4, -0.2) is 41.9 Å². The minimum absolute atomic E-state index is 0.245. The molecule has 0 aliphatic heterocycles. The van der Waals surface area contributed by atoms with Crippen LogP contribution in [0.3, 0.4) is 0 Å². The summed E-state index contributed by atoms with van der Waals surface area (Å²) in [6, 6.07) is -0.961. The average Bonchev–Trinajstić information content (AvgIpc) is 2.94. The molecule has 6 nitrogen and oxygen atoms in total. The lowest BCUT2D eigenvalue weighted by atomic mass is 10.0. The number of unbranched alkanes of at least 4 members (excludes halogenated alkanes) is 25. The Labute approximate surface area is 261 Å². The minimum Gasteiger partial charge on any atom is -0.391 e. The molecule has 0 fully saturated rings. The van der Waals surface area contributed by atoms with Crippen molar-refractivity contribution >= 4 is 16.0 Å². The van der Waals surface area contributed by atoms with Crippen molar-refractivity contribution in [2.45, 2.75) is 212 Å². The van der Waals surface area contributed by atoms with E-state index in [0.717, 1.165) is 38.5 Å². The van der Waals surface area contributed by atoms with Gasteiger partial charge in [0.1, 0.15) is 0 Å². The van der Waals surface area contributed by atoms with Gasteiger partial charge in [0, 0.05) is 6.42 Å². The largest absolute Gasteiger partial charge is 0.391 e. The second-order valence-electron chi connectivity index (χ2n) is 12.9. The maximum atomic E-state index is 12.4. The number of carbonyl (C=O) groups excluding carboxylic acids is 1. The Balaban J connectivity index is 3.77. The van der Waals surface area contributed by atoms with Crippen LogP contribution in [0.5, 0.6) is 0 Å². The van der Waals surface area contributed by atoms with E-state index in [4.69, 9.17) is 0 Å². The van der Waals surface area contributed by atoms with Gasteiger partial charge in [-0.3, -0.25) is 9.35 Å². The summed E-state index contributed by atoms with van der Waals surface area (Å²) in [4.78, 5) is 12.4. The lowest BCUT2D eigenvalue weighted by Crippen LogP contribution is -2.47. The van der Waals surface area contributed by atoms with Gasteiger partial charge in [0.2, 0.25) is 5.91 Å². The quantitative estimate of drug-likeness (QED) is 0.0502. The Morgan fingerprint density at radius 3 is 1.19 bits per heavy atom. The highest BCUT2D eigenvalue weighted by molar-refractivity contribution is 7.85. The Bertz CT molecular complexity index is 685. The van der Waals surface area contributed by atoms with Crippen LogP contribution in [0.15, 0.2) is 0 Å². The lowest BCUT2D eigenvalue weighted by Gasteiger charge is -2.23. The highest BCUT2D eigenvalue weighted by atomic mass is 32.2. The molecule has 0 saturated carbocycles. The van der Waals surface area contributed by atoms with E-state index in [1.165, 1.54) is 135 Å². The molecule has 0 saturated heterocycles. The topological polar surface area (TPSA) is 104 Å². The number of carbonyl (C=O) groups is 1. The molecule has 0 aliphatic carbocycles. The van der Waals surface area contributed by atoms with E-state index in [0.29, 0.717) is 12.8 Å². The molecule has 0 aromatic heterocycles. The molecule has 0 aliphatic rings. The lowest BCUT2D eigenvalue weighted by molar-refractivity contribution is -0.122. The molecule has 3 N–H and O–H groups in total. The fourth-order valence-corrected chi connectivity index (χ4v) is 6.57. The maximum Gasteiger partial charge on any atom is 0.266 e. The average molecular weight is 618 g/mol. The van der Waals surface area contributed by atoms with Gasteiger partial charge in [0.15, 0.2) is 0 Å². The molecule has 7 heteroatoms. The van der Waals surface area contributed by atoms with Gasteiger partial charge in [0.25, 0.3) is 10.1 Å². The molecular weight excluding hydrogens is 546 g/mol. The van der Waals surface area contributed by atoms with Gasteiger partial charge >= 0.3 is 0 Å². The summed E-state index contributed by atoms with van der Waals surface area (Å²) in [7, 11) is -4.29. The van der Waals surface area contributed by atoms with Crippen molar-refractivity contribution in [2.24, 2.45) is 0 Å². The van der Waals surface area contributed by atoms with E-state index in [1.54, 1.807) is 0 Å². The molecule has 0 spiro atoms. The number of aliphatic hydroxyl groups is 1. The molecule has 0 heterocycles. The minimum atomic E-state index is -4.29. The highest BCUT2D eigenvalue weighted by Crippen LogP contribution is 2.16. The van der Waals surface area contributed by atoms with Crippen LogP contribution in [0, 0.1) is 0 Å². The van der Waals surface area contributed by atoms with Crippen molar-refractivity contribution in [3.05, 3.63) is 0 Å². The Kier molecular flexibility index (Phi) is 29.9. The van der Waals surface area contributed by atoms with Crippen LogP contribution in [0.2, 0.25) is 0 Å². The molecule has 42 heavy (non-hydrogen) atoms. The van der Waals surface area contributed by atoms with E-state index >= 15 is 0 Å². The normalized spacial score (nSPS) is 13.3. The first-order valence-electron chi connectivity index (χ1n) is 18.2. The van der Waals surface area contributed by atoms with Crippen LogP contribution in [-0.2, 0) is 14.9 Å². The zero-order valence-corrected chi connectivity index (χ0v) is 28.7. The summed E-state index contributed by atoms with van der Waals surface area (Å²) in [5.41, 5.74) is 0. The van der Waals surface area contributed by atoms with Crippen molar-refractivity contribution in [3.63, 3.8) is 0 Å². The fraction of sp³-hybridized carbons (Fsp3) is 0.971. The molecule has 0 radical (unpaired) electrons. The maximum absolute atomic E-state index is 12.4. The first-order chi connectivity index (χ1) is 20.3. The molecule has 252 valence electrons. The molecule has 0 rings (SSSR count). The van der Waals surface area contributed by atoms with E-state index in [2.05, 4.69) is 19.2 Å². The summed E-state index contributed by atoms with van der Waals surface area (Å²) < 4.78 is 32.2. The van der Waals surface area contributed by atoms with Crippen LogP contribution in [0.1, 0.15) is 200 Å². The predicted octanol–water partition coefficient (Wildman–Crippen LogP) is 10.1. The summed E-state index contributed by atoms with van der Waals surface area (Å²) in [5.74, 6) is -0.888. The SMILES string of the molecule is CCCCCCCCCCCCCCCCCCCCCC(=O)NC(CS(=O)(=O)O)C(O)CCCCCCCCCC. The van der Waals surface area contributed by atoms with Gasteiger partial charge < -0.3 is 10.4 Å².